The largest absolute Gasteiger partial charge is 0.550 e. The highest BCUT2D eigenvalue weighted by Crippen LogP contribution is 2.31. The van der Waals surface area contributed by atoms with Gasteiger partial charge in [-0.3, -0.25) is 4.79 Å². The summed E-state index contributed by atoms with van der Waals surface area (Å²) in [5.41, 5.74) is 0.434. The molecular formula is C18H23N2O6S-. The molecule has 1 saturated heterocycles. The third-order valence-corrected chi connectivity index (χ3v) is 7.05. The quantitative estimate of drug-likeness (QED) is 0.762. The lowest BCUT2D eigenvalue weighted by molar-refractivity contribution is -0.313. The van der Waals surface area contributed by atoms with Gasteiger partial charge in [-0.1, -0.05) is 12.8 Å². The van der Waals surface area contributed by atoms with Crippen LogP contribution in [0.15, 0.2) is 29.2 Å². The molecule has 0 spiro atoms. The zero-order valence-electron chi connectivity index (χ0n) is 14.9. The van der Waals surface area contributed by atoms with E-state index in [0.717, 1.165) is 12.8 Å². The van der Waals surface area contributed by atoms with Crippen LogP contribution in [-0.2, 0) is 24.3 Å². The minimum atomic E-state index is -3.59. The number of ether oxygens (including phenoxy) is 1. The number of sulfonamides is 1. The second-order valence-corrected chi connectivity index (χ2v) is 8.78. The van der Waals surface area contributed by atoms with Crippen molar-refractivity contribution < 1.29 is 27.9 Å². The van der Waals surface area contributed by atoms with Crippen LogP contribution in [0.4, 0.5) is 5.69 Å². The van der Waals surface area contributed by atoms with E-state index in [0.29, 0.717) is 44.8 Å². The van der Waals surface area contributed by atoms with E-state index in [9.17, 15) is 23.1 Å². The number of carbonyl (C=O) groups excluding carboxylic acids is 2. The second-order valence-electron chi connectivity index (χ2n) is 6.85. The zero-order valence-corrected chi connectivity index (χ0v) is 15.7. The molecule has 2 aliphatic rings. The number of nitrogens with one attached hydrogen (secondary N) is 1. The number of rotatable bonds is 5. The topological polar surface area (TPSA) is 116 Å². The first-order valence-electron chi connectivity index (χ1n) is 9.09. The number of carboxylic acids is 1. The Labute approximate surface area is 158 Å². The molecule has 1 amide bonds. The van der Waals surface area contributed by atoms with E-state index in [1.54, 1.807) is 0 Å². The molecule has 0 aromatic heterocycles. The SMILES string of the molecule is O=C(Nc1ccc(S(=O)(=O)N2CCOCC2)cc1)[C@H]1CCCC[C@H]1C(=O)[O-]. The van der Waals surface area contributed by atoms with E-state index in [1.165, 1.54) is 28.6 Å². The summed E-state index contributed by atoms with van der Waals surface area (Å²) in [6.45, 7) is 1.36. The van der Waals surface area contributed by atoms with Gasteiger partial charge in [0.1, 0.15) is 0 Å². The van der Waals surface area contributed by atoms with Gasteiger partial charge in [0.15, 0.2) is 0 Å². The van der Waals surface area contributed by atoms with Crippen LogP contribution < -0.4 is 10.4 Å². The summed E-state index contributed by atoms with van der Waals surface area (Å²) in [7, 11) is -3.59. The highest BCUT2D eigenvalue weighted by molar-refractivity contribution is 7.89. The Hall–Kier alpha value is -1.97. The van der Waals surface area contributed by atoms with Gasteiger partial charge in [-0.15, -0.1) is 0 Å². The number of benzene rings is 1. The molecule has 2 fully saturated rings. The maximum atomic E-state index is 12.6. The molecule has 1 saturated carbocycles. The molecule has 0 radical (unpaired) electrons. The molecule has 1 aromatic rings. The van der Waals surface area contributed by atoms with E-state index < -0.39 is 27.8 Å². The summed E-state index contributed by atoms with van der Waals surface area (Å²) in [5.74, 6) is -2.96. The van der Waals surface area contributed by atoms with Crippen LogP contribution in [-0.4, -0.2) is 50.9 Å². The minimum Gasteiger partial charge on any atom is -0.550 e. The van der Waals surface area contributed by atoms with Gasteiger partial charge >= 0.3 is 0 Å². The lowest BCUT2D eigenvalue weighted by atomic mass is 9.78. The Morgan fingerprint density at radius 3 is 2.22 bits per heavy atom. The summed E-state index contributed by atoms with van der Waals surface area (Å²) in [4.78, 5) is 23.9. The maximum absolute atomic E-state index is 12.6. The van der Waals surface area contributed by atoms with Crippen molar-refractivity contribution in [3.63, 3.8) is 0 Å². The highest BCUT2D eigenvalue weighted by atomic mass is 32.2. The maximum Gasteiger partial charge on any atom is 0.243 e. The van der Waals surface area contributed by atoms with Crippen molar-refractivity contribution in [2.24, 2.45) is 11.8 Å². The molecule has 9 heteroatoms. The smallest absolute Gasteiger partial charge is 0.243 e. The Balaban J connectivity index is 1.68. The Morgan fingerprint density at radius 1 is 1.04 bits per heavy atom. The first-order valence-corrected chi connectivity index (χ1v) is 10.5. The summed E-state index contributed by atoms with van der Waals surface area (Å²) in [6.07, 6.45) is 2.53. The lowest BCUT2D eigenvalue weighted by Crippen LogP contribution is -2.42. The molecule has 1 aliphatic carbocycles. The summed E-state index contributed by atoms with van der Waals surface area (Å²) in [6, 6.07) is 5.92. The van der Waals surface area contributed by atoms with Crippen molar-refractivity contribution in [3.8, 4) is 0 Å². The number of carbonyl (C=O) groups is 2. The van der Waals surface area contributed by atoms with Crippen LogP contribution in [0.2, 0.25) is 0 Å². The van der Waals surface area contributed by atoms with E-state index in [-0.39, 0.29) is 10.8 Å². The molecule has 8 nitrogen and oxygen atoms in total. The third kappa shape index (κ3) is 4.48. The van der Waals surface area contributed by atoms with Crippen molar-refractivity contribution in [2.75, 3.05) is 31.6 Å². The molecule has 1 aliphatic heterocycles. The number of hydrogen-bond acceptors (Lipinski definition) is 6. The number of nitrogens with zero attached hydrogens (tertiary/aromatic N) is 1. The van der Waals surface area contributed by atoms with Crippen LogP contribution in [0.25, 0.3) is 0 Å². The van der Waals surface area contributed by atoms with Crippen LogP contribution in [0.5, 0.6) is 0 Å². The van der Waals surface area contributed by atoms with Gasteiger partial charge in [-0.05, 0) is 37.1 Å². The fourth-order valence-electron chi connectivity index (χ4n) is 3.61. The Kier molecular flexibility index (Phi) is 6.13. The van der Waals surface area contributed by atoms with Crippen LogP contribution >= 0.6 is 0 Å². The first-order chi connectivity index (χ1) is 12.9. The van der Waals surface area contributed by atoms with E-state index >= 15 is 0 Å². The fourth-order valence-corrected chi connectivity index (χ4v) is 5.02. The number of anilines is 1. The predicted molar refractivity (Wildman–Crippen MR) is 95.1 cm³/mol. The number of morpholine rings is 1. The van der Waals surface area contributed by atoms with Crippen molar-refractivity contribution in [3.05, 3.63) is 24.3 Å². The molecule has 2 atom stereocenters. The Morgan fingerprint density at radius 2 is 1.63 bits per heavy atom. The molecule has 1 N–H and O–H groups in total. The number of aliphatic carboxylic acids is 1. The molecule has 3 rings (SSSR count). The normalized spacial score (nSPS) is 24.3. The molecule has 0 unspecified atom stereocenters. The van der Waals surface area contributed by atoms with Gasteiger partial charge in [-0.25, -0.2) is 8.42 Å². The summed E-state index contributed by atoms with van der Waals surface area (Å²) >= 11 is 0. The second kappa shape index (κ2) is 8.37. The molecule has 1 heterocycles. The van der Waals surface area contributed by atoms with Crippen LogP contribution in [0, 0.1) is 11.8 Å². The minimum absolute atomic E-state index is 0.146. The highest BCUT2D eigenvalue weighted by Gasteiger charge is 2.32. The van der Waals surface area contributed by atoms with Gasteiger partial charge in [-0.2, -0.15) is 4.31 Å². The summed E-state index contributed by atoms with van der Waals surface area (Å²) < 4.78 is 31.7. The van der Waals surface area contributed by atoms with Crippen molar-refractivity contribution in [2.45, 2.75) is 30.6 Å². The van der Waals surface area contributed by atoms with Gasteiger partial charge in [0.25, 0.3) is 0 Å². The number of amides is 1. The molecule has 0 bridgehead atoms. The Bertz CT molecular complexity index is 787. The van der Waals surface area contributed by atoms with Crippen LogP contribution in [0.1, 0.15) is 25.7 Å². The first kappa shape index (κ1) is 19.8. The predicted octanol–water partition coefficient (Wildman–Crippen LogP) is 0.202. The van der Waals surface area contributed by atoms with E-state index in [4.69, 9.17) is 4.74 Å². The molecular weight excluding hydrogens is 372 g/mol. The summed E-state index contributed by atoms with van der Waals surface area (Å²) in [5, 5.41) is 14.0. The molecule has 27 heavy (non-hydrogen) atoms. The number of carboxylic acid groups (broad SMARTS) is 1. The van der Waals surface area contributed by atoms with Crippen molar-refractivity contribution in [1.29, 1.82) is 0 Å². The van der Waals surface area contributed by atoms with Gasteiger partial charge < -0.3 is 20.0 Å². The monoisotopic (exact) mass is 395 g/mol. The third-order valence-electron chi connectivity index (χ3n) is 5.14. The van der Waals surface area contributed by atoms with Gasteiger partial charge in [0, 0.05) is 36.6 Å². The van der Waals surface area contributed by atoms with Crippen molar-refractivity contribution >= 4 is 27.6 Å². The standard InChI is InChI=1S/C18H24N2O6S/c21-17(15-3-1-2-4-16(15)18(22)23)19-13-5-7-14(8-6-13)27(24,25)20-9-11-26-12-10-20/h5-8,15-16H,1-4,9-12H2,(H,19,21)(H,22,23)/p-1/t15-,16+/m0/s1. The van der Waals surface area contributed by atoms with E-state index in [2.05, 4.69) is 5.32 Å². The lowest BCUT2D eigenvalue weighted by Gasteiger charge is -2.31. The van der Waals surface area contributed by atoms with E-state index in [1.807, 2.05) is 0 Å². The average Bonchev–Trinajstić information content (AvgIpc) is 2.69. The molecule has 1 aromatic carbocycles. The average molecular weight is 395 g/mol. The zero-order chi connectivity index (χ0) is 19.4. The van der Waals surface area contributed by atoms with Crippen molar-refractivity contribution in [1.82, 2.24) is 4.31 Å². The van der Waals surface area contributed by atoms with Gasteiger partial charge in [0.05, 0.1) is 18.1 Å². The molecule has 148 valence electrons. The fraction of sp³-hybridized carbons (Fsp3) is 0.556. The van der Waals surface area contributed by atoms with Gasteiger partial charge in [0.2, 0.25) is 15.9 Å². The number of hydrogen-bond donors (Lipinski definition) is 1. The van der Waals surface area contributed by atoms with Crippen LogP contribution in [0.3, 0.4) is 0 Å².